The highest BCUT2D eigenvalue weighted by Crippen LogP contribution is 2.19. The molecule has 0 radical (unpaired) electrons. The lowest BCUT2D eigenvalue weighted by Gasteiger charge is -2.21. The van der Waals surface area contributed by atoms with Gasteiger partial charge in [-0.2, -0.15) is 0 Å². The van der Waals surface area contributed by atoms with Gasteiger partial charge in [-0.1, -0.05) is 31.3 Å². The van der Waals surface area contributed by atoms with E-state index in [4.69, 9.17) is 4.74 Å². The minimum atomic E-state index is -1.11. The van der Waals surface area contributed by atoms with E-state index < -0.39 is 14.2 Å². The van der Waals surface area contributed by atoms with Gasteiger partial charge < -0.3 is 9.47 Å². The van der Waals surface area contributed by atoms with Crippen LogP contribution in [0.5, 0.6) is 0 Å². The van der Waals surface area contributed by atoms with Crippen molar-refractivity contribution in [2.24, 2.45) is 0 Å². The van der Waals surface area contributed by atoms with Crippen LogP contribution in [0.3, 0.4) is 0 Å². The van der Waals surface area contributed by atoms with E-state index in [1.807, 2.05) is 6.08 Å². The number of rotatable bonds is 7. The zero-order chi connectivity index (χ0) is 11.7. The van der Waals surface area contributed by atoms with E-state index in [9.17, 15) is 4.79 Å². The number of allylic oxidation sites excluding steroid dienone is 1. The molecule has 4 heteroatoms. The second kappa shape index (κ2) is 7.51. The maximum absolute atomic E-state index is 10.7. The number of hydrogen-bond acceptors (Lipinski definition) is 3. The molecule has 0 aromatic heterocycles. The van der Waals surface area contributed by atoms with Crippen LogP contribution >= 0.6 is 0 Å². The molecule has 0 fully saturated rings. The van der Waals surface area contributed by atoms with Crippen molar-refractivity contribution in [3.8, 4) is 0 Å². The Morgan fingerprint density at radius 2 is 2.07 bits per heavy atom. The standard InChI is InChI=1S/C11H22O3Si/c1-5-6-9-15(3,4)10-7-8-14-11(12)13-2/h5H,1,6-10H2,2-4H3. The van der Waals surface area contributed by atoms with Crippen molar-refractivity contribution in [1.29, 1.82) is 0 Å². The van der Waals surface area contributed by atoms with Crippen molar-refractivity contribution in [2.45, 2.75) is 38.0 Å². The van der Waals surface area contributed by atoms with Gasteiger partial charge in [-0.15, -0.1) is 6.58 Å². The number of carbonyl (C=O) groups is 1. The van der Waals surface area contributed by atoms with Crippen LogP contribution in [0.4, 0.5) is 4.79 Å². The lowest BCUT2D eigenvalue weighted by atomic mass is 10.5. The van der Waals surface area contributed by atoms with Crippen molar-refractivity contribution in [3.63, 3.8) is 0 Å². The van der Waals surface area contributed by atoms with Gasteiger partial charge in [0.1, 0.15) is 0 Å². The Morgan fingerprint density at radius 3 is 2.60 bits per heavy atom. The summed E-state index contributed by atoms with van der Waals surface area (Å²) in [6.07, 6.45) is 3.42. The van der Waals surface area contributed by atoms with E-state index in [-0.39, 0.29) is 0 Å². The van der Waals surface area contributed by atoms with Crippen molar-refractivity contribution >= 4 is 14.2 Å². The van der Waals surface area contributed by atoms with Crippen molar-refractivity contribution < 1.29 is 14.3 Å². The predicted molar refractivity (Wildman–Crippen MR) is 64.9 cm³/mol. The Kier molecular flexibility index (Phi) is 7.12. The van der Waals surface area contributed by atoms with E-state index in [0.29, 0.717) is 6.61 Å². The van der Waals surface area contributed by atoms with Crippen molar-refractivity contribution in [3.05, 3.63) is 12.7 Å². The molecule has 0 spiro atoms. The summed E-state index contributed by atoms with van der Waals surface area (Å²) in [7, 11) is 0.215. The Bertz CT molecular complexity index is 202. The maximum atomic E-state index is 10.7. The van der Waals surface area contributed by atoms with Crippen LogP contribution in [0.1, 0.15) is 12.8 Å². The number of carbonyl (C=O) groups excluding carboxylic acids is 1. The molecule has 0 unspecified atom stereocenters. The first-order valence-electron chi connectivity index (χ1n) is 5.33. The van der Waals surface area contributed by atoms with Gasteiger partial charge in [-0.25, -0.2) is 4.79 Å². The molecule has 3 nitrogen and oxygen atoms in total. The molecule has 15 heavy (non-hydrogen) atoms. The molecule has 0 saturated carbocycles. The molecule has 0 saturated heterocycles. The molecule has 88 valence electrons. The fourth-order valence-corrected chi connectivity index (χ4v) is 3.72. The molecule has 0 amide bonds. The van der Waals surface area contributed by atoms with Crippen LogP contribution in [0.2, 0.25) is 25.2 Å². The van der Waals surface area contributed by atoms with Gasteiger partial charge in [-0.05, 0) is 12.8 Å². The molecular formula is C11H22O3Si. The zero-order valence-corrected chi connectivity index (χ0v) is 11.0. The fourth-order valence-electron chi connectivity index (χ4n) is 1.38. The van der Waals surface area contributed by atoms with Crippen molar-refractivity contribution in [2.75, 3.05) is 13.7 Å². The smallest absolute Gasteiger partial charge is 0.438 e. The normalized spacial score (nSPS) is 10.9. The highest BCUT2D eigenvalue weighted by molar-refractivity contribution is 6.77. The third-order valence-corrected chi connectivity index (χ3v) is 5.76. The molecule has 0 aliphatic carbocycles. The predicted octanol–water partition coefficient (Wildman–Crippen LogP) is 3.44. The summed E-state index contributed by atoms with van der Waals surface area (Å²) in [6.45, 7) is 8.91. The summed E-state index contributed by atoms with van der Waals surface area (Å²) in [4.78, 5) is 10.7. The summed E-state index contributed by atoms with van der Waals surface area (Å²) in [5.74, 6) is 0. The maximum Gasteiger partial charge on any atom is 0.507 e. The number of hydrogen-bond donors (Lipinski definition) is 0. The first-order valence-corrected chi connectivity index (χ1v) is 8.75. The minimum absolute atomic E-state index is 0.469. The van der Waals surface area contributed by atoms with Gasteiger partial charge in [0.05, 0.1) is 13.7 Å². The Balaban J connectivity index is 3.56. The van der Waals surface area contributed by atoms with E-state index in [0.717, 1.165) is 12.8 Å². The summed E-state index contributed by atoms with van der Waals surface area (Å²) < 4.78 is 9.22. The van der Waals surface area contributed by atoms with Gasteiger partial charge >= 0.3 is 6.16 Å². The second-order valence-electron chi connectivity index (χ2n) is 4.40. The summed E-state index contributed by atoms with van der Waals surface area (Å²) >= 11 is 0. The third-order valence-electron chi connectivity index (χ3n) is 2.41. The number of ether oxygens (including phenoxy) is 2. The van der Waals surface area contributed by atoms with Crippen LogP contribution in [0.25, 0.3) is 0 Å². The average molecular weight is 230 g/mol. The molecule has 0 rings (SSSR count). The highest BCUT2D eigenvalue weighted by atomic mass is 28.3. The average Bonchev–Trinajstić information content (AvgIpc) is 2.21. The van der Waals surface area contributed by atoms with Gasteiger partial charge in [0, 0.05) is 8.07 Å². The monoisotopic (exact) mass is 230 g/mol. The number of methoxy groups -OCH3 is 1. The SMILES string of the molecule is C=CCC[Si](C)(C)CCCOC(=O)OC. The van der Waals surface area contributed by atoms with Crippen LogP contribution in [-0.4, -0.2) is 27.9 Å². The highest BCUT2D eigenvalue weighted by Gasteiger charge is 2.18. The van der Waals surface area contributed by atoms with E-state index in [1.54, 1.807) is 0 Å². The van der Waals surface area contributed by atoms with E-state index >= 15 is 0 Å². The summed E-state index contributed by atoms with van der Waals surface area (Å²) in [5.41, 5.74) is 0. The Hall–Kier alpha value is -0.773. The molecule has 0 aliphatic rings. The van der Waals surface area contributed by atoms with Crippen molar-refractivity contribution in [1.82, 2.24) is 0 Å². The first-order chi connectivity index (χ1) is 7.02. The zero-order valence-electron chi connectivity index (χ0n) is 10.0. The molecule has 0 aromatic carbocycles. The lowest BCUT2D eigenvalue weighted by Crippen LogP contribution is -2.25. The molecule has 0 bridgehead atoms. The van der Waals surface area contributed by atoms with E-state index in [1.165, 1.54) is 19.2 Å². The van der Waals surface area contributed by atoms with E-state index in [2.05, 4.69) is 24.4 Å². The quantitative estimate of drug-likeness (QED) is 0.291. The van der Waals surface area contributed by atoms with Crippen LogP contribution in [0, 0.1) is 0 Å². The van der Waals surface area contributed by atoms with Gasteiger partial charge in [-0.3, -0.25) is 0 Å². The van der Waals surface area contributed by atoms with Gasteiger partial charge in [0.15, 0.2) is 0 Å². The molecule has 0 aliphatic heterocycles. The van der Waals surface area contributed by atoms with Gasteiger partial charge in [0.2, 0.25) is 0 Å². The fraction of sp³-hybridized carbons (Fsp3) is 0.727. The van der Waals surface area contributed by atoms with Gasteiger partial charge in [0.25, 0.3) is 0 Å². The van der Waals surface area contributed by atoms with Crippen LogP contribution in [-0.2, 0) is 9.47 Å². The largest absolute Gasteiger partial charge is 0.507 e. The molecule has 0 N–H and O–H groups in total. The second-order valence-corrected chi connectivity index (χ2v) is 9.73. The minimum Gasteiger partial charge on any atom is -0.438 e. The summed E-state index contributed by atoms with van der Waals surface area (Å²) in [5, 5.41) is 0. The molecule has 0 aromatic rings. The topological polar surface area (TPSA) is 35.5 Å². The Morgan fingerprint density at radius 1 is 1.40 bits per heavy atom. The molecule has 0 atom stereocenters. The Labute approximate surface area is 93.5 Å². The van der Waals surface area contributed by atoms with Crippen LogP contribution in [0.15, 0.2) is 12.7 Å². The molecule has 0 heterocycles. The molecular weight excluding hydrogens is 208 g/mol. The van der Waals surface area contributed by atoms with Crippen LogP contribution < -0.4 is 0 Å². The summed E-state index contributed by atoms with van der Waals surface area (Å²) in [6, 6.07) is 2.44. The first kappa shape index (κ1) is 14.2. The third kappa shape index (κ3) is 8.24. The lowest BCUT2D eigenvalue weighted by molar-refractivity contribution is 0.0728.